The first kappa shape index (κ1) is 17.4. The van der Waals surface area contributed by atoms with Crippen LogP contribution in [0, 0.1) is 0 Å². The number of hydrogen-bond acceptors (Lipinski definition) is 5. The fourth-order valence-corrected chi connectivity index (χ4v) is 3.41. The van der Waals surface area contributed by atoms with E-state index in [0.29, 0.717) is 17.8 Å². The molecule has 3 rings (SSSR count). The second-order valence-corrected chi connectivity index (χ2v) is 7.08. The van der Waals surface area contributed by atoms with Crippen molar-refractivity contribution in [1.82, 2.24) is 9.88 Å². The van der Waals surface area contributed by atoms with Gasteiger partial charge >= 0.3 is 12.0 Å². The predicted octanol–water partition coefficient (Wildman–Crippen LogP) is 3.91. The second kappa shape index (κ2) is 8.11. The standard InChI is InChI=1S/C18H21N3O3S/c1-21(12-16-19-10-11-25-16)18(23)20-14-8-6-13(7-9-14)17(22)24-15-4-2-3-5-15/h6-11,15H,2-5,12H2,1H3,(H,20,23). The maximum atomic E-state index is 12.2. The monoisotopic (exact) mass is 359 g/mol. The van der Waals surface area contributed by atoms with Crippen LogP contribution in [0.1, 0.15) is 41.0 Å². The van der Waals surface area contributed by atoms with Crippen LogP contribution in [0.3, 0.4) is 0 Å². The van der Waals surface area contributed by atoms with E-state index in [1.807, 2.05) is 5.38 Å². The molecule has 1 aliphatic rings. The number of benzene rings is 1. The number of carbonyl (C=O) groups excluding carboxylic acids is 2. The van der Waals surface area contributed by atoms with Crippen molar-refractivity contribution >= 4 is 29.0 Å². The number of rotatable bonds is 5. The lowest BCUT2D eigenvalue weighted by Gasteiger charge is -2.17. The van der Waals surface area contributed by atoms with Gasteiger partial charge in [0.2, 0.25) is 0 Å². The van der Waals surface area contributed by atoms with Gasteiger partial charge in [-0.15, -0.1) is 11.3 Å². The molecule has 25 heavy (non-hydrogen) atoms. The van der Waals surface area contributed by atoms with E-state index in [4.69, 9.17) is 4.74 Å². The molecule has 0 atom stereocenters. The summed E-state index contributed by atoms with van der Waals surface area (Å²) in [7, 11) is 1.71. The third-order valence-corrected chi connectivity index (χ3v) is 4.91. The Balaban J connectivity index is 1.52. The van der Waals surface area contributed by atoms with Crippen molar-refractivity contribution in [3.63, 3.8) is 0 Å². The van der Waals surface area contributed by atoms with Crippen molar-refractivity contribution in [2.24, 2.45) is 0 Å². The van der Waals surface area contributed by atoms with Crippen molar-refractivity contribution in [1.29, 1.82) is 0 Å². The molecule has 1 aromatic carbocycles. The molecule has 1 saturated carbocycles. The Morgan fingerprint density at radius 3 is 2.64 bits per heavy atom. The fraction of sp³-hybridized carbons (Fsp3) is 0.389. The van der Waals surface area contributed by atoms with Crippen LogP contribution in [0.5, 0.6) is 0 Å². The van der Waals surface area contributed by atoms with E-state index < -0.39 is 0 Å². The van der Waals surface area contributed by atoms with Crippen molar-refractivity contribution in [2.45, 2.75) is 38.3 Å². The number of ether oxygens (including phenoxy) is 1. The summed E-state index contributed by atoms with van der Waals surface area (Å²) in [5, 5.41) is 5.56. The number of hydrogen-bond donors (Lipinski definition) is 1. The number of carbonyl (C=O) groups is 2. The molecular formula is C18H21N3O3S. The van der Waals surface area contributed by atoms with Gasteiger partial charge in [0.25, 0.3) is 0 Å². The van der Waals surface area contributed by atoms with Gasteiger partial charge in [-0.1, -0.05) is 0 Å². The predicted molar refractivity (Wildman–Crippen MR) is 96.7 cm³/mol. The number of nitrogens with zero attached hydrogens (tertiary/aromatic N) is 2. The Hall–Kier alpha value is -2.41. The van der Waals surface area contributed by atoms with Gasteiger partial charge in [-0.25, -0.2) is 14.6 Å². The minimum atomic E-state index is -0.300. The van der Waals surface area contributed by atoms with E-state index in [1.165, 1.54) is 11.3 Å². The molecule has 0 spiro atoms. The first-order chi connectivity index (χ1) is 12.1. The molecule has 2 amide bonds. The molecule has 0 bridgehead atoms. The summed E-state index contributed by atoms with van der Waals surface area (Å²) in [5.74, 6) is -0.300. The lowest BCUT2D eigenvalue weighted by atomic mass is 10.2. The highest BCUT2D eigenvalue weighted by molar-refractivity contribution is 7.09. The van der Waals surface area contributed by atoms with Crippen molar-refractivity contribution in [3.8, 4) is 0 Å². The van der Waals surface area contributed by atoms with Gasteiger partial charge in [0.1, 0.15) is 11.1 Å². The second-order valence-electron chi connectivity index (χ2n) is 6.10. The molecule has 1 heterocycles. The zero-order valence-electron chi connectivity index (χ0n) is 14.1. The summed E-state index contributed by atoms with van der Waals surface area (Å²) in [6, 6.07) is 6.54. The molecule has 0 aliphatic heterocycles. The molecule has 1 fully saturated rings. The molecule has 2 aromatic rings. The first-order valence-electron chi connectivity index (χ1n) is 8.33. The Morgan fingerprint density at radius 1 is 1.28 bits per heavy atom. The number of amides is 2. The highest BCUT2D eigenvalue weighted by atomic mass is 32.1. The quantitative estimate of drug-likeness (QED) is 0.822. The van der Waals surface area contributed by atoms with Gasteiger partial charge in [-0.3, -0.25) is 0 Å². The summed E-state index contributed by atoms with van der Waals surface area (Å²) in [6.45, 7) is 0.454. The largest absolute Gasteiger partial charge is 0.459 e. The number of thiazole rings is 1. The van der Waals surface area contributed by atoms with E-state index in [-0.39, 0.29) is 18.1 Å². The number of esters is 1. The van der Waals surface area contributed by atoms with E-state index in [9.17, 15) is 9.59 Å². The van der Waals surface area contributed by atoms with E-state index in [2.05, 4.69) is 10.3 Å². The SMILES string of the molecule is CN(Cc1nccs1)C(=O)Nc1ccc(C(=O)OC2CCCC2)cc1. The maximum Gasteiger partial charge on any atom is 0.338 e. The van der Waals surface area contributed by atoms with E-state index in [1.54, 1.807) is 42.4 Å². The molecule has 1 N–H and O–H groups in total. The molecule has 0 saturated heterocycles. The van der Waals surface area contributed by atoms with Gasteiger partial charge in [0.15, 0.2) is 0 Å². The molecule has 0 radical (unpaired) electrons. The van der Waals surface area contributed by atoms with E-state index in [0.717, 1.165) is 30.7 Å². The fourth-order valence-electron chi connectivity index (χ4n) is 2.74. The molecule has 132 valence electrons. The van der Waals surface area contributed by atoms with Gasteiger partial charge in [-0.05, 0) is 49.9 Å². The van der Waals surface area contributed by atoms with Crippen LogP contribution in [-0.4, -0.2) is 35.0 Å². The lowest BCUT2D eigenvalue weighted by molar-refractivity contribution is 0.0318. The Morgan fingerprint density at radius 2 is 2.00 bits per heavy atom. The topological polar surface area (TPSA) is 71.5 Å². The summed E-state index contributed by atoms with van der Waals surface area (Å²) in [6.07, 6.45) is 5.91. The molecule has 6 nitrogen and oxygen atoms in total. The van der Waals surface area contributed by atoms with Crippen LogP contribution in [0.15, 0.2) is 35.8 Å². The zero-order valence-corrected chi connectivity index (χ0v) is 14.9. The maximum absolute atomic E-state index is 12.2. The van der Waals surface area contributed by atoms with Crippen molar-refractivity contribution in [3.05, 3.63) is 46.4 Å². The average molecular weight is 359 g/mol. The zero-order chi connectivity index (χ0) is 17.6. The molecular weight excluding hydrogens is 338 g/mol. The number of urea groups is 1. The van der Waals surface area contributed by atoms with E-state index >= 15 is 0 Å². The van der Waals surface area contributed by atoms with Gasteiger partial charge in [-0.2, -0.15) is 0 Å². The van der Waals surface area contributed by atoms with Gasteiger partial charge < -0.3 is 15.0 Å². The molecule has 7 heteroatoms. The Kier molecular flexibility index (Phi) is 5.65. The highest BCUT2D eigenvalue weighted by Gasteiger charge is 2.20. The number of anilines is 1. The van der Waals surface area contributed by atoms with Crippen molar-refractivity contribution < 1.29 is 14.3 Å². The van der Waals surface area contributed by atoms with Crippen molar-refractivity contribution in [2.75, 3.05) is 12.4 Å². The third kappa shape index (κ3) is 4.79. The van der Waals surface area contributed by atoms with Crippen LogP contribution in [-0.2, 0) is 11.3 Å². The average Bonchev–Trinajstić information content (AvgIpc) is 3.29. The van der Waals surface area contributed by atoms with Gasteiger partial charge in [0.05, 0.1) is 12.1 Å². The summed E-state index contributed by atoms with van der Waals surface area (Å²) < 4.78 is 5.47. The normalized spacial score (nSPS) is 14.3. The summed E-state index contributed by atoms with van der Waals surface area (Å²) >= 11 is 1.51. The lowest BCUT2D eigenvalue weighted by Crippen LogP contribution is -2.30. The molecule has 1 aliphatic carbocycles. The van der Waals surface area contributed by atoms with Crippen LogP contribution in [0.25, 0.3) is 0 Å². The molecule has 0 unspecified atom stereocenters. The third-order valence-electron chi connectivity index (χ3n) is 4.15. The van der Waals surface area contributed by atoms with Gasteiger partial charge in [0, 0.05) is 24.3 Å². The Labute approximate surface area is 150 Å². The summed E-state index contributed by atoms with van der Waals surface area (Å²) in [5.41, 5.74) is 1.13. The minimum Gasteiger partial charge on any atom is -0.459 e. The summed E-state index contributed by atoms with van der Waals surface area (Å²) in [4.78, 5) is 30.0. The first-order valence-corrected chi connectivity index (χ1v) is 9.21. The Bertz CT molecular complexity index is 710. The smallest absolute Gasteiger partial charge is 0.338 e. The van der Waals surface area contributed by atoms with Crippen LogP contribution in [0.4, 0.5) is 10.5 Å². The molecule has 1 aromatic heterocycles. The van der Waals surface area contributed by atoms with Crippen LogP contribution >= 0.6 is 11.3 Å². The number of aromatic nitrogens is 1. The van der Waals surface area contributed by atoms with Crippen LogP contribution in [0.2, 0.25) is 0 Å². The highest BCUT2D eigenvalue weighted by Crippen LogP contribution is 2.22. The number of nitrogens with one attached hydrogen (secondary N) is 1. The minimum absolute atomic E-state index is 0.0476. The van der Waals surface area contributed by atoms with Crippen LogP contribution < -0.4 is 5.32 Å².